The van der Waals surface area contributed by atoms with Crippen LogP contribution in [0.3, 0.4) is 0 Å². The number of urea groups is 1. The largest absolute Gasteiger partial charge is 0.495 e. The molecule has 0 bridgehead atoms. The van der Waals surface area contributed by atoms with Gasteiger partial charge in [-0.2, -0.15) is 0 Å². The summed E-state index contributed by atoms with van der Waals surface area (Å²) in [5.41, 5.74) is 1.54. The first kappa shape index (κ1) is 15.5. The van der Waals surface area contributed by atoms with Gasteiger partial charge in [-0.15, -0.1) is 0 Å². The van der Waals surface area contributed by atoms with Crippen molar-refractivity contribution in [3.63, 3.8) is 0 Å². The zero-order chi connectivity index (χ0) is 17.3. The summed E-state index contributed by atoms with van der Waals surface area (Å²) in [5.74, 6) is -0.201. The number of hydrogen-bond acceptors (Lipinski definition) is 4. The molecule has 1 aliphatic rings. The maximum absolute atomic E-state index is 12.1. The molecule has 1 aliphatic heterocycles. The number of ether oxygens (including phenoxy) is 1. The van der Waals surface area contributed by atoms with Gasteiger partial charge in [0, 0.05) is 12.7 Å². The fraction of sp³-hybridized carbons (Fsp3) is 0.118. The molecular formula is C17H15N3O4. The molecule has 0 unspecified atom stereocenters. The summed E-state index contributed by atoms with van der Waals surface area (Å²) in [6, 6.07) is 11.1. The minimum absolute atomic E-state index is 0.276. The van der Waals surface area contributed by atoms with E-state index >= 15 is 0 Å². The third kappa shape index (κ3) is 2.67. The lowest BCUT2D eigenvalue weighted by molar-refractivity contribution is 0.0693. The van der Waals surface area contributed by atoms with Crippen molar-refractivity contribution in [3.8, 4) is 5.75 Å². The summed E-state index contributed by atoms with van der Waals surface area (Å²) in [5, 5.41) is 5.30. The summed E-state index contributed by atoms with van der Waals surface area (Å²) in [6.45, 7) is 0. The van der Waals surface area contributed by atoms with E-state index in [0.29, 0.717) is 22.7 Å². The molecule has 2 aromatic carbocycles. The Kier molecular flexibility index (Phi) is 3.91. The fourth-order valence-corrected chi connectivity index (χ4v) is 2.47. The predicted octanol–water partition coefficient (Wildman–Crippen LogP) is 2.57. The highest BCUT2D eigenvalue weighted by atomic mass is 16.5. The van der Waals surface area contributed by atoms with Gasteiger partial charge in [-0.05, 0) is 30.3 Å². The van der Waals surface area contributed by atoms with Crippen LogP contribution in [0.5, 0.6) is 5.75 Å². The Labute approximate surface area is 138 Å². The molecule has 0 saturated carbocycles. The van der Waals surface area contributed by atoms with E-state index in [1.54, 1.807) is 30.3 Å². The van der Waals surface area contributed by atoms with Gasteiger partial charge in [-0.25, -0.2) is 4.79 Å². The second kappa shape index (κ2) is 6.04. The molecule has 3 rings (SSSR count). The lowest BCUT2D eigenvalue weighted by Gasteiger charge is -2.11. The zero-order valence-electron chi connectivity index (χ0n) is 13.1. The Balaban J connectivity index is 1.77. The van der Waals surface area contributed by atoms with Gasteiger partial charge in [0.05, 0.1) is 23.9 Å². The Bertz CT molecular complexity index is 847. The topological polar surface area (TPSA) is 87.7 Å². The number of carbonyl (C=O) groups excluding carboxylic acids is 3. The minimum Gasteiger partial charge on any atom is -0.495 e. The van der Waals surface area contributed by atoms with Crippen molar-refractivity contribution < 1.29 is 19.1 Å². The van der Waals surface area contributed by atoms with Gasteiger partial charge < -0.3 is 15.4 Å². The van der Waals surface area contributed by atoms with Gasteiger partial charge in [0.2, 0.25) is 0 Å². The number of fused-ring (bicyclic) bond motifs is 1. The van der Waals surface area contributed by atoms with Crippen LogP contribution in [0.15, 0.2) is 42.5 Å². The molecule has 2 N–H and O–H groups in total. The standard InChI is InChI=1S/C17H15N3O4/c1-20-15(21)11-8-7-10(9-12(11)16(20)22)18-17(23)19-13-5-3-4-6-14(13)24-2/h3-9H,1-2H3,(H2,18,19,23). The van der Waals surface area contributed by atoms with E-state index in [4.69, 9.17) is 4.74 Å². The number of nitrogens with one attached hydrogen (secondary N) is 2. The average Bonchev–Trinajstić information content (AvgIpc) is 2.79. The first-order valence-corrected chi connectivity index (χ1v) is 7.18. The van der Waals surface area contributed by atoms with Crippen molar-refractivity contribution in [2.45, 2.75) is 0 Å². The van der Waals surface area contributed by atoms with Crippen molar-refractivity contribution in [2.75, 3.05) is 24.8 Å². The summed E-state index contributed by atoms with van der Waals surface area (Å²) < 4.78 is 5.16. The maximum atomic E-state index is 12.1. The molecule has 7 heteroatoms. The molecule has 0 saturated heterocycles. The summed E-state index contributed by atoms with van der Waals surface area (Å²) in [7, 11) is 2.93. The zero-order valence-corrected chi connectivity index (χ0v) is 13.1. The SMILES string of the molecule is COc1ccccc1NC(=O)Nc1ccc2c(c1)C(=O)N(C)C2=O. The second-order valence-electron chi connectivity index (χ2n) is 5.21. The molecule has 0 aromatic heterocycles. The second-order valence-corrected chi connectivity index (χ2v) is 5.21. The number of amides is 4. The molecule has 7 nitrogen and oxygen atoms in total. The number of para-hydroxylation sites is 2. The van der Waals surface area contributed by atoms with Gasteiger partial charge in [0.15, 0.2) is 0 Å². The van der Waals surface area contributed by atoms with Crippen LogP contribution in [0.1, 0.15) is 20.7 Å². The number of anilines is 2. The van der Waals surface area contributed by atoms with E-state index in [1.807, 2.05) is 0 Å². The third-order valence-corrected chi connectivity index (χ3v) is 3.70. The molecule has 0 radical (unpaired) electrons. The summed E-state index contributed by atoms with van der Waals surface area (Å²) in [4.78, 5) is 37.0. The molecule has 1 heterocycles. The molecule has 0 spiro atoms. The van der Waals surface area contributed by atoms with Crippen LogP contribution in [0, 0.1) is 0 Å². The van der Waals surface area contributed by atoms with E-state index in [1.165, 1.54) is 26.3 Å². The highest BCUT2D eigenvalue weighted by molar-refractivity contribution is 6.21. The minimum atomic E-state index is -0.482. The fourth-order valence-electron chi connectivity index (χ4n) is 2.47. The Morgan fingerprint density at radius 1 is 1.00 bits per heavy atom. The van der Waals surface area contributed by atoms with Crippen molar-refractivity contribution in [1.82, 2.24) is 4.90 Å². The first-order chi connectivity index (χ1) is 11.5. The Hall–Kier alpha value is -3.35. The van der Waals surface area contributed by atoms with Crippen LogP contribution in [0.25, 0.3) is 0 Å². The molecule has 2 aromatic rings. The van der Waals surface area contributed by atoms with Crippen molar-refractivity contribution >= 4 is 29.2 Å². The maximum Gasteiger partial charge on any atom is 0.323 e. The number of nitrogens with zero attached hydrogens (tertiary/aromatic N) is 1. The van der Waals surface area contributed by atoms with Crippen LogP contribution in [-0.2, 0) is 0 Å². The molecule has 122 valence electrons. The summed E-state index contributed by atoms with van der Waals surface area (Å²) >= 11 is 0. The van der Waals surface area contributed by atoms with Gasteiger partial charge >= 0.3 is 6.03 Å². The van der Waals surface area contributed by atoms with E-state index in [2.05, 4.69) is 10.6 Å². The van der Waals surface area contributed by atoms with Crippen LogP contribution >= 0.6 is 0 Å². The van der Waals surface area contributed by atoms with Gasteiger partial charge in [0.25, 0.3) is 11.8 Å². The number of imide groups is 1. The predicted molar refractivity (Wildman–Crippen MR) is 88.5 cm³/mol. The van der Waals surface area contributed by atoms with Crippen LogP contribution in [0.2, 0.25) is 0 Å². The van der Waals surface area contributed by atoms with Crippen LogP contribution < -0.4 is 15.4 Å². The van der Waals surface area contributed by atoms with Crippen LogP contribution in [-0.4, -0.2) is 36.9 Å². The van der Waals surface area contributed by atoms with Gasteiger partial charge in [-0.3, -0.25) is 14.5 Å². The smallest absolute Gasteiger partial charge is 0.323 e. The lowest BCUT2D eigenvalue weighted by Crippen LogP contribution is -2.24. The molecule has 0 atom stereocenters. The number of methoxy groups -OCH3 is 1. The van der Waals surface area contributed by atoms with Gasteiger partial charge in [-0.1, -0.05) is 12.1 Å². The highest BCUT2D eigenvalue weighted by Crippen LogP contribution is 2.26. The number of hydrogen-bond donors (Lipinski definition) is 2. The number of rotatable bonds is 3. The van der Waals surface area contributed by atoms with Gasteiger partial charge in [0.1, 0.15) is 5.75 Å². The molecular weight excluding hydrogens is 310 g/mol. The molecule has 0 aliphatic carbocycles. The third-order valence-electron chi connectivity index (χ3n) is 3.70. The molecule has 4 amide bonds. The van der Waals surface area contributed by atoms with Crippen molar-refractivity contribution in [1.29, 1.82) is 0 Å². The van der Waals surface area contributed by atoms with E-state index in [9.17, 15) is 14.4 Å². The van der Waals surface area contributed by atoms with E-state index in [0.717, 1.165) is 4.90 Å². The van der Waals surface area contributed by atoms with Crippen LogP contribution in [0.4, 0.5) is 16.2 Å². The highest BCUT2D eigenvalue weighted by Gasteiger charge is 2.32. The number of benzene rings is 2. The first-order valence-electron chi connectivity index (χ1n) is 7.18. The van der Waals surface area contributed by atoms with Crippen molar-refractivity contribution in [3.05, 3.63) is 53.6 Å². The monoisotopic (exact) mass is 325 g/mol. The summed E-state index contributed by atoms with van der Waals surface area (Å²) in [6.07, 6.45) is 0. The average molecular weight is 325 g/mol. The lowest BCUT2D eigenvalue weighted by atomic mass is 10.1. The quantitative estimate of drug-likeness (QED) is 0.849. The van der Waals surface area contributed by atoms with E-state index < -0.39 is 6.03 Å². The van der Waals surface area contributed by atoms with E-state index in [-0.39, 0.29) is 17.4 Å². The van der Waals surface area contributed by atoms with Crippen molar-refractivity contribution in [2.24, 2.45) is 0 Å². The number of carbonyl (C=O) groups is 3. The normalized spacial score (nSPS) is 12.8. The Morgan fingerprint density at radius 2 is 1.71 bits per heavy atom. The Morgan fingerprint density at radius 3 is 2.46 bits per heavy atom. The molecule has 0 fully saturated rings. The molecule has 24 heavy (non-hydrogen) atoms.